The number of nitrogen functional groups attached to an aromatic ring is 1. The Morgan fingerprint density at radius 1 is 1.60 bits per heavy atom. The Balaban J connectivity index is 2.48. The van der Waals surface area contributed by atoms with Crippen LogP contribution in [0.15, 0.2) is 28.5 Å². The van der Waals surface area contributed by atoms with Crippen LogP contribution in [0.2, 0.25) is 0 Å². The number of hydrogen-bond acceptors (Lipinski definition) is 5. The average molecular weight is 221 g/mol. The summed E-state index contributed by atoms with van der Waals surface area (Å²) in [6, 6.07) is 0. The van der Waals surface area contributed by atoms with Crippen LogP contribution in [0.5, 0.6) is 0 Å². The van der Waals surface area contributed by atoms with Crippen LogP contribution in [0.3, 0.4) is 0 Å². The molecule has 2 aromatic heterocycles. The zero-order chi connectivity index (χ0) is 10.8. The van der Waals surface area contributed by atoms with Crippen molar-refractivity contribution in [3.05, 3.63) is 24.5 Å². The lowest BCUT2D eigenvalue weighted by atomic mass is 10.2. The van der Waals surface area contributed by atoms with E-state index in [1.165, 1.54) is 11.8 Å². The average Bonchev–Trinajstić information content (AvgIpc) is 2.58. The number of aromatic nitrogens is 2. The van der Waals surface area contributed by atoms with Crippen molar-refractivity contribution in [2.75, 3.05) is 11.5 Å². The summed E-state index contributed by atoms with van der Waals surface area (Å²) in [5, 5.41) is 1.42. The van der Waals surface area contributed by atoms with Gasteiger partial charge in [0, 0.05) is 11.3 Å². The fraction of sp³-hybridized carbons (Fsp3) is 0.200. The lowest BCUT2D eigenvalue weighted by Crippen LogP contribution is -1.96. The highest BCUT2D eigenvalue weighted by atomic mass is 32.2. The Morgan fingerprint density at radius 2 is 2.40 bits per heavy atom. The van der Waals surface area contributed by atoms with Crippen LogP contribution in [-0.4, -0.2) is 15.7 Å². The van der Waals surface area contributed by atoms with Gasteiger partial charge in [0.1, 0.15) is 5.82 Å². The van der Waals surface area contributed by atoms with Crippen molar-refractivity contribution in [3.8, 4) is 0 Å². The summed E-state index contributed by atoms with van der Waals surface area (Å²) < 4.78 is 5.28. The molecule has 0 saturated heterocycles. The summed E-state index contributed by atoms with van der Waals surface area (Å²) in [6.45, 7) is 5.55. The normalized spacial score (nSPS) is 10.7. The monoisotopic (exact) mass is 221 g/mol. The predicted molar refractivity (Wildman–Crippen MR) is 61.9 cm³/mol. The maximum atomic E-state index is 5.82. The Hall–Kier alpha value is -1.49. The second kappa shape index (κ2) is 3.94. The summed E-state index contributed by atoms with van der Waals surface area (Å²) >= 11 is 1.48. The zero-order valence-electron chi connectivity index (χ0n) is 8.36. The quantitative estimate of drug-likeness (QED) is 0.489. The fourth-order valence-electron chi connectivity index (χ4n) is 1.29. The molecule has 4 nitrogen and oxygen atoms in total. The number of nitrogens with zero attached hydrogens (tertiary/aromatic N) is 2. The highest BCUT2D eigenvalue weighted by Crippen LogP contribution is 2.26. The molecule has 2 rings (SSSR count). The van der Waals surface area contributed by atoms with E-state index in [9.17, 15) is 0 Å². The molecule has 0 atom stereocenters. The van der Waals surface area contributed by atoms with Gasteiger partial charge in [0.25, 0.3) is 0 Å². The first-order valence-corrected chi connectivity index (χ1v) is 5.46. The molecule has 0 aromatic carbocycles. The molecule has 0 aliphatic carbocycles. The van der Waals surface area contributed by atoms with Crippen LogP contribution in [0, 0.1) is 6.92 Å². The van der Waals surface area contributed by atoms with Gasteiger partial charge in [-0.3, -0.25) is 0 Å². The van der Waals surface area contributed by atoms with Crippen molar-refractivity contribution in [2.24, 2.45) is 0 Å². The SMILES string of the molecule is C=CCSc1nc(N)c2c(C)coc2n1. The minimum absolute atomic E-state index is 0.470. The summed E-state index contributed by atoms with van der Waals surface area (Å²) in [4.78, 5) is 8.45. The lowest BCUT2D eigenvalue weighted by Gasteiger charge is -1.99. The molecule has 0 amide bonds. The largest absolute Gasteiger partial charge is 0.446 e. The number of aryl methyl sites for hydroxylation is 1. The number of hydrogen-bond donors (Lipinski definition) is 1. The highest BCUT2D eigenvalue weighted by molar-refractivity contribution is 7.99. The van der Waals surface area contributed by atoms with Crippen LogP contribution in [0.25, 0.3) is 11.1 Å². The number of thioether (sulfide) groups is 1. The van der Waals surface area contributed by atoms with Gasteiger partial charge in [0.15, 0.2) is 5.16 Å². The molecule has 0 bridgehead atoms. The molecular weight excluding hydrogens is 210 g/mol. The number of furan rings is 1. The smallest absolute Gasteiger partial charge is 0.232 e. The Morgan fingerprint density at radius 3 is 3.13 bits per heavy atom. The van der Waals surface area contributed by atoms with Crippen molar-refractivity contribution in [2.45, 2.75) is 12.1 Å². The van der Waals surface area contributed by atoms with Crippen molar-refractivity contribution in [1.29, 1.82) is 0 Å². The van der Waals surface area contributed by atoms with Crippen LogP contribution >= 0.6 is 11.8 Å². The number of rotatable bonds is 3. The summed E-state index contributed by atoms with van der Waals surface area (Å²) in [6.07, 6.45) is 3.43. The molecular formula is C10H11N3OS. The third kappa shape index (κ3) is 1.83. The third-order valence-electron chi connectivity index (χ3n) is 1.96. The maximum absolute atomic E-state index is 5.82. The van der Waals surface area contributed by atoms with Gasteiger partial charge in [-0.25, -0.2) is 4.98 Å². The molecule has 0 radical (unpaired) electrons. The Bertz CT molecular complexity index is 507. The van der Waals surface area contributed by atoms with Gasteiger partial charge in [-0.2, -0.15) is 4.98 Å². The van der Waals surface area contributed by atoms with E-state index in [2.05, 4.69) is 16.5 Å². The molecule has 78 valence electrons. The maximum Gasteiger partial charge on any atom is 0.232 e. The second-order valence-electron chi connectivity index (χ2n) is 3.09. The lowest BCUT2D eigenvalue weighted by molar-refractivity contribution is 0.595. The van der Waals surface area contributed by atoms with Gasteiger partial charge in [-0.05, 0) is 6.92 Å². The molecule has 0 aliphatic heterocycles. The Labute approximate surface area is 91.6 Å². The highest BCUT2D eigenvalue weighted by Gasteiger charge is 2.10. The number of fused-ring (bicyclic) bond motifs is 1. The first-order valence-electron chi connectivity index (χ1n) is 4.47. The molecule has 2 aromatic rings. The van der Waals surface area contributed by atoms with E-state index in [0.717, 1.165) is 16.7 Å². The molecule has 0 fully saturated rings. The summed E-state index contributed by atoms with van der Waals surface area (Å²) in [5.41, 5.74) is 7.33. The van der Waals surface area contributed by atoms with Gasteiger partial charge in [-0.1, -0.05) is 17.8 Å². The zero-order valence-corrected chi connectivity index (χ0v) is 9.17. The van der Waals surface area contributed by atoms with Crippen LogP contribution in [0.4, 0.5) is 5.82 Å². The molecule has 2 N–H and O–H groups in total. The molecule has 0 aliphatic rings. The predicted octanol–water partition coefficient (Wildman–Crippen LogP) is 2.39. The van der Waals surface area contributed by atoms with Gasteiger partial charge in [0.05, 0.1) is 11.6 Å². The van der Waals surface area contributed by atoms with Crippen molar-refractivity contribution < 1.29 is 4.42 Å². The van der Waals surface area contributed by atoms with E-state index < -0.39 is 0 Å². The molecule has 5 heteroatoms. The topological polar surface area (TPSA) is 64.9 Å². The van der Waals surface area contributed by atoms with Crippen molar-refractivity contribution >= 4 is 28.7 Å². The number of anilines is 1. The first kappa shape index (κ1) is 10.0. The third-order valence-corrected chi connectivity index (χ3v) is 2.80. The van der Waals surface area contributed by atoms with Crippen LogP contribution < -0.4 is 5.73 Å². The van der Waals surface area contributed by atoms with Crippen LogP contribution in [0.1, 0.15) is 5.56 Å². The molecule has 2 heterocycles. The van der Waals surface area contributed by atoms with Gasteiger partial charge >= 0.3 is 0 Å². The molecule has 15 heavy (non-hydrogen) atoms. The fourth-order valence-corrected chi connectivity index (χ4v) is 1.87. The van der Waals surface area contributed by atoms with E-state index >= 15 is 0 Å². The molecule has 0 saturated carbocycles. The van der Waals surface area contributed by atoms with Gasteiger partial charge in [0.2, 0.25) is 5.71 Å². The minimum atomic E-state index is 0.470. The first-order chi connectivity index (χ1) is 7.22. The van der Waals surface area contributed by atoms with E-state index in [1.54, 1.807) is 12.3 Å². The van der Waals surface area contributed by atoms with E-state index in [-0.39, 0.29) is 0 Å². The summed E-state index contributed by atoms with van der Waals surface area (Å²) in [5.74, 6) is 1.22. The Kier molecular flexibility index (Phi) is 2.64. The van der Waals surface area contributed by atoms with Gasteiger partial charge < -0.3 is 10.2 Å². The van der Waals surface area contributed by atoms with Crippen LogP contribution in [-0.2, 0) is 0 Å². The molecule has 0 unspecified atom stereocenters. The second-order valence-corrected chi connectivity index (χ2v) is 4.08. The molecule has 0 spiro atoms. The summed E-state index contributed by atoms with van der Waals surface area (Å²) in [7, 11) is 0. The van der Waals surface area contributed by atoms with E-state index in [0.29, 0.717) is 16.7 Å². The van der Waals surface area contributed by atoms with Crippen molar-refractivity contribution in [3.63, 3.8) is 0 Å². The van der Waals surface area contributed by atoms with E-state index in [1.807, 2.05) is 6.92 Å². The van der Waals surface area contributed by atoms with Gasteiger partial charge in [-0.15, -0.1) is 6.58 Å². The minimum Gasteiger partial charge on any atom is -0.446 e. The number of nitrogens with two attached hydrogens (primary N) is 1. The van der Waals surface area contributed by atoms with E-state index in [4.69, 9.17) is 10.2 Å². The standard InChI is InChI=1S/C10H11N3OS/c1-3-4-15-10-12-8(11)7-6(2)5-14-9(7)13-10/h3,5H,1,4H2,2H3,(H2,11,12,13). The van der Waals surface area contributed by atoms with Crippen molar-refractivity contribution in [1.82, 2.24) is 9.97 Å².